The topological polar surface area (TPSA) is 50.4 Å². The second-order valence-electron chi connectivity index (χ2n) is 4.75. The van der Waals surface area contributed by atoms with Gasteiger partial charge in [-0.3, -0.25) is 4.79 Å². The van der Waals surface area contributed by atoms with E-state index in [1.807, 2.05) is 38.1 Å². The van der Waals surface area contributed by atoms with E-state index < -0.39 is 0 Å². The summed E-state index contributed by atoms with van der Waals surface area (Å²) in [5.41, 5.74) is 1.14. The number of amides is 1. The molecule has 2 N–H and O–H groups in total. The Morgan fingerprint density at radius 1 is 1.26 bits per heavy atom. The van der Waals surface area contributed by atoms with Gasteiger partial charge in [-0.25, -0.2) is 0 Å². The van der Waals surface area contributed by atoms with E-state index in [-0.39, 0.29) is 18.0 Å². The molecule has 0 bridgehead atoms. The van der Waals surface area contributed by atoms with Crippen LogP contribution in [0.1, 0.15) is 38.8 Å². The predicted molar refractivity (Wildman–Crippen MR) is 77.3 cm³/mol. The van der Waals surface area contributed by atoms with Crippen LogP contribution < -0.4 is 15.4 Å². The summed E-state index contributed by atoms with van der Waals surface area (Å²) in [6, 6.07) is 8.21. The highest BCUT2D eigenvalue weighted by Gasteiger charge is 2.09. The van der Waals surface area contributed by atoms with Gasteiger partial charge in [0, 0.05) is 12.1 Å². The monoisotopic (exact) mass is 264 g/mol. The minimum atomic E-state index is 0.0368. The Hall–Kier alpha value is -1.55. The normalized spacial score (nSPS) is 13.7. The summed E-state index contributed by atoms with van der Waals surface area (Å²) in [7, 11) is 1.65. The standard InChI is InChI=1S/C15H24N2O2/c1-5-11(2)17-15(18)10-16-12(3)13-6-8-14(19-4)9-7-13/h6-9,11-12,16H,5,10H2,1-4H3,(H,17,18)/t11?,12-/m0/s1. The Morgan fingerprint density at radius 2 is 1.89 bits per heavy atom. The van der Waals surface area contributed by atoms with E-state index in [1.165, 1.54) is 0 Å². The number of rotatable bonds is 7. The number of ether oxygens (including phenoxy) is 1. The zero-order chi connectivity index (χ0) is 14.3. The van der Waals surface area contributed by atoms with E-state index in [1.54, 1.807) is 7.11 Å². The van der Waals surface area contributed by atoms with E-state index in [4.69, 9.17) is 4.74 Å². The van der Waals surface area contributed by atoms with Crippen molar-refractivity contribution in [3.63, 3.8) is 0 Å². The van der Waals surface area contributed by atoms with Crippen molar-refractivity contribution in [1.82, 2.24) is 10.6 Å². The van der Waals surface area contributed by atoms with Gasteiger partial charge < -0.3 is 15.4 Å². The van der Waals surface area contributed by atoms with Gasteiger partial charge in [0.2, 0.25) is 5.91 Å². The third kappa shape index (κ3) is 5.30. The lowest BCUT2D eigenvalue weighted by Crippen LogP contribution is -2.39. The fourth-order valence-corrected chi connectivity index (χ4v) is 1.68. The van der Waals surface area contributed by atoms with Crippen LogP contribution in [-0.2, 0) is 4.79 Å². The van der Waals surface area contributed by atoms with Crippen molar-refractivity contribution in [2.24, 2.45) is 0 Å². The lowest BCUT2D eigenvalue weighted by atomic mass is 10.1. The number of carbonyl (C=O) groups excluding carboxylic acids is 1. The Morgan fingerprint density at radius 3 is 2.42 bits per heavy atom. The summed E-state index contributed by atoms with van der Waals surface area (Å²) in [5.74, 6) is 0.875. The second kappa shape index (κ2) is 7.79. The van der Waals surface area contributed by atoms with Crippen LogP contribution in [0.5, 0.6) is 5.75 Å². The highest BCUT2D eigenvalue weighted by atomic mass is 16.5. The fraction of sp³-hybridized carbons (Fsp3) is 0.533. The van der Waals surface area contributed by atoms with Gasteiger partial charge in [-0.2, -0.15) is 0 Å². The van der Waals surface area contributed by atoms with Crippen molar-refractivity contribution >= 4 is 5.91 Å². The third-order valence-electron chi connectivity index (χ3n) is 3.20. The molecule has 0 saturated carbocycles. The average Bonchev–Trinajstić information content (AvgIpc) is 2.44. The van der Waals surface area contributed by atoms with E-state index >= 15 is 0 Å². The van der Waals surface area contributed by atoms with Crippen LogP contribution in [0.25, 0.3) is 0 Å². The van der Waals surface area contributed by atoms with Crippen LogP contribution in [-0.4, -0.2) is 25.6 Å². The van der Waals surface area contributed by atoms with Crippen LogP contribution in [0.4, 0.5) is 0 Å². The van der Waals surface area contributed by atoms with Crippen molar-refractivity contribution < 1.29 is 9.53 Å². The molecule has 1 aromatic carbocycles. The largest absolute Gasteiger partial charge is 0.497 e. The molecule has 106 valence electrons. The molecule has 0 aliphatic rings. The molecule has 1 amide bonds. The highest BCUT2D eigenvalue weighted by Crippen LogP contribution is 2.16. The van der Waals surface area contributed by atoms with Crippen molar-refractivity contribution in [2.75, 3.05) is 13.7 Å². The number of hydrogen-bond acceptors (Lipinski definition) is 3. The molecule has 0 aliphatic heterocycles. The highest BCUT2D eigenvalue weighted by molar-refractivity contribution is 5.78. The van der Waals surface area contributed by atoms with Gasteiger partial charge in [0.05, 0.1) is 13.7 Å². The molecule has 0 aromatic heterocycles. The number of nitrogens with one attached hydrogen (secondary N) is 2. The van der Waals surface area contributed by atoms with E-state index in [0.29, 0.717) is 6.54 Å². The van der Waals surface area contributed by atoms with Gasteiger partial charge in [0.25, 0.3) is 0 Å². The molecule has 4 heteroatoms. The first kappa shape index (κ1) is 15.5. The summed E-state index contributed by atoms with van der Waals surface area (Å²) in [4.78, 5) is 11.7. The van der Waals surface area contributed by atoms with E-state index in [9.17, 15) is 4.79 Å². The summed E-state index contributed by atoms with van der Waals surface area (Å²) >= 11 is 0. The van der Waals surface area contributed by atoms with Crippen molar-refractivity contribution in [3.05, 3.63) is 29.8 Å². The Labute approximate surface area is 115 Å². The van der Waals surface area contributed by atoms with Crippen molar-refractivity contribution in [2.45, 2.75) is 39.3 Å². The quantitative estimate of drug-likeness (QED) is 0.794. The molecule has 0 radical (unpaired) electrons. The number of methoxy groups -OCH3 is 1. The number of carbonyl (C=O) groups is 1. The van der Waals surface area contributed by atoms with Gasteiger partial charge in [-0.1, -0.05) is 19.1 Å². The first-order valence-electron chi connectivity index (χ1n) is 6.73. The maximum Gasteiger partial charge on any atom is 0.234 e. The second-order valence-corrected chi connectivity index (χ2v) is 4.75. The molecular formula is C15H24N2O2. The van der Waals surface area contributed by atoms with Crippen LogP contribution in [0.2, 0.25) is 0 Å². The van der Waals surface area contributed by atoms with Gasteiger partial charge in [-0.15, -0.1) is 0 Å². The van der Waals surface area contributed by atoms with Crippen molar-refractivity contribution in [3.8, 4) is 5.75 Å². The van der Waals surface area contributed by atoms with Gasteiger partial charge >= 0.3 is 0 Å². The Balaban J connectivity index is 2.41. The molecule has 2 atom stereocenters. The summed E-state index contributed by atoms with van der Waals surface area (Å²) in [6.45, 7) is 6.43. The minimum Gasteiger partial charge on any atom is -0.497 e. The smallest absolute Gasteiger partial charge is 0.234 e. The summed E-state index contributed by atoms with van der Waals surface area (Å²) < 4.78 is 5.12. The van der Waals surface area contributed by atoms with Crippen molar-refractivity contribution in [1.29, 1.82) is 0 Å². The van der Waals surface area contributed by atoms with Crippen LogP contribution in [0, 0.1) is 0 Å². The number of hydrogen-bond donors (Lipinski definition) is 2. The van der Waals surface area contributed by atoms with Crippen LogP contribution in [0.15, 0.2) is 24.3 Å². The predicted octanol–water partition coefficient (Wildman–Crippen LogP) is 2.26. The Kier molecular flexibility index (Phi) is 6.36. The zero-order valence-electron chi connectivity index (χ0n) is 12.2. The molecule has 0 fully saturated rings. The molecule has 19 heavy (non-hydrogen) atoms. The summed E-state index contributed by atoms with van der Waals surface area (Å²) in [6.07, 6.45) is 0.944. The number of benzene rings is 1. The van der Waals surface area contributed by atoms with Gasteiger partial charge in [0.1, 0.15) is 5.75 Å². The molecule has 1 unspecified atom stereocenters. The molecule has 0 saturated heterocycles. The van der Waals surface area contributed by atoms with Crippen LogP contribution in [0.3, 0.4) is 0 Å². The molecule has 0 spiro atoms. The Bertz CT molecular complexity index is 390. The van der Waals surface area contributed by atoms with Gasteiger partial charge in [0.15, 0.2) is 0 Å². The lowest BCUT2D eigenvalue weighted by Gasteiger charge is -2.16. The molecule has 1 rings (SSSR count). The maximum absolute atomic E-state index is 11.7. The average molecular weight is 264 g/mol. The van der Waals surface area contributed by atoms with Crippen LogP contribution >= 0.6 is 0 Å². The first-order valence-corrected chi connectivity index (χ1v) is 6.73. The molecule has 0 aliphatic carbocycles. The molecular weight excluding hydrogens is 240 g/mol. The van der Waals surface area contributed by atoms with E-state index in [0.717, 1.165) is 17.7 Å². The lowest BCUT2D eigenvalue weighted by molar-refractivity contribution is -0.120. The zero-order valence-corrected chi connectivity index (χ0v) is 12.2. The molecule has 1 aromatic rings. The first-order chi connectivity index (χ1) is 9.06. The fourth-order valence-electron chi connectivity index (χ4n) is 1.68. The van der Waals surface area contributed by atoms with Gasteiger partial charge in [-0.05, 0) is 38.0 Å². The maximum atomic E-state index is 11.7. The van der Waals surface area contributed by atoms with E-state index in [2.05, 4.69) is 17.6 Å². The minimum absolute atomic E-state index is 0.0368. The summed E-state index contributed by atoms with van der Waals surface area (Å²) in [5, 5.41) is 6.15. The third-order valence-corrected chi connectivity index (χ3v) is 3.20. The molecule has 4 nitrogen and oxygen atoms in total. The molecule has 0 heterocycles. The SMILES string of the molecule is CCC(C)NC(=O)CN[C@@H](C)c1ccc(OC)cc1.